The molecule has 4 aromatic carbocycles. The highest BCUT2D eigenvalue weighted by atomic mass is 16.6. The number of fused-ring (bicyclic) bond motifs is 6. The highest BCUT2D eigenvalue weighted by Crippen LogP contribution is 2.62. The highest BCUT2D eigenvalue weighted by molar-refractivity contribution is 6.16. The number of anilines is 1. The summed E-state index contributed by atoms with van der Waals surface area (Å²) < 4.78 is 5.14. The maximum absolute atomic E-state index is 14.9. The molecule has 222 valence electrons. The standard InChI is InChI=1S/C35H25N3O7/c1-20(39)45-25-15-13-22(14-16-25)32(41)30-29(31(40)23-8-6-9-24(19-23)38(43)44)35(27-11-4-5-12-28(27)36-34(35)42)33-26-10-3-2-7-21(26)17-18-37(30)33/h2-19,29-30,33H,1H3,(H,36,42)/t29-,30+,33+,35-/m1/s1. The normalized spacial score (nSPS) is 22.3. The number of nitrogens with one attached hydrogen (secondary N) is 1. The Bertz CT molecular complexity index is 1970. The minimum absolute atomic E-state index is 0.0193. The van der Waals surface area contributed by atoms with E-state index in [0.717, 1.165) is 11.1 Å². The Morgan fingerprint density at radius 3 is 2.38 bits per heavy atom. The third-order valence-electron chi connectivity index (χ3n) is 8.86. The smallest absolute Gasteiger partial charge is 0.308 e. The number of benzene rings is 4. The maximum Gasteiger partial charge on any atom is 0.308 e. The number of para-hydroxylation sites is 1. The van der Waals surface area contributed by atoms with E-state index in [4.69, 9.17) is 4.74 Å². The van der Waals surface area contributed by atoms with Crippen LogP contribution in [0.5, 0.6) is 5.75 Å². The molecule has 0 bridgehead atoms. The van der Waals surface area contributed by atoms with Gasteiger partial charge in [0, 0.05) is 42.1 Å². The van der Waals surface area contributed by atoms with Gasteiger partial charge in [-0.15, -0.1) is 0 Å². The van der Waals surface area contributed by atoms with Gasteiger partial charge in [-0.2, -0.15) is 0 Å². The Morgan fingerprint density at radius 2 is 1.62 bits per heavy atom. The van der Waals surface area contributed by atoms with Crippen molar-refractivity contribution in [2.24, 2.45) is 5.92 Å². The van der Waals surface area contributed by atoms with Crippen LogP contribution in [0, 0.1) is 16.0 Å². The van der Waals surface area contributed by atoms with Crippen molar-refractivity contribution < 1.29 is 28.8 Å². The predicted molar refractivity (Wildman–Crippen MR) is 164 cm³/mol. The number of rotatable bonds is 6. The minimum atomic E-state index is -1.57. The SMILES string of the molecule is CC(=O)Oc1ccc(C(=O)[C@@H]2[C@H](C(=O)c3cccc([N+](=O)[O-])c3)[C@@]3(C(=O)Nc4ccccc43)[C@@H]3c4ccccc4C=CN23)cc1. The van der Waals surface area contributed by atoms with Gasteiger partial charge < -0.3 is 15.0 Å². The van der Waals surface area contributed by atoms with Crippen molar-refractivity contribution in [2.45, 2.75) is 24.4 Å². The van der Waals surface area contributed by atoms with Crippen molar-refractivity contribution in [3.63, 3.8) is 0 Å². The lowest BCUT2D eigenvalue weighted by molar-refractivity contribution is -0.384. The Balaban J connectivity index is 1.48. The average Bonchev–Trinajstić information content (AvgIpc) is 3.52. The summed E-state index contributed by atoms with van der Waals surface area (Å²) in [5.41, 5.74) is 1.12. The molecule has 10 heteroatoms. The number of hydrogen-bond acceptors (Lipinski definition) is 8. The van der Waals surface area contributed by atoms with Crippen molar-refractivity contribution in [3.8, 4) is 5.75 Å². The fourth-order valence-electron chi connectivity index (χ4n) is 7.14. The number of nitrogens with zero attached hydrogens (tertiary/aromatic N) is 2. The number of carbonyl (C=O) groups is 4. The lowest BCUT2D eigenvalue weighted by atomic mass is 9.62. The summed E-state index contributed by atoms with van der Waals surface area (Å²) in [7, 11) is 0. The van der Waals surface area contributed by atoms with Crippen molar-refractivity contribution in [1.29, 1.82) is 0 Å². The molecule has 10 nitrogen and oxygen atoms in total. The number of nitro benzene ring substituents is 1. The number of carbonyl (C=O) groups excluding carboxylic acids is 4. The molecule has 0 radical (unpaired) electrons. The summed E-state index contributed by atoms with van der Waals surface area (Å²) >= 11 is 0. The molecule has 0 aliphatic carbocycles. The first-order valence-electron chi connectivity index (χ1n) is 14.3. The van der Waals surface area contributed by atoms with Gasteiger partial charge in [0.1, 0.15) is 17.2 Å². The topological polar surface area (TPSA) is 136 Å². The first kappa shape index (κ1) is 27.9. The van der Waals surface area contributed by atoms with Crippen LogP contribution in [0.15, 0.2) is 103 Å². The molecule has 45 heavy (non-hydrogen) atoms. The van der Waals surface area contributed by atoms with Crippen LogP contribution in [0.3, 0.4) is 0 Å². The van der Waals surface area contributed by atoms with E-state index in [2.05, 4.69) is 5.32 Å². The van der Waals surface area contributed by atoms with E-state index in [9.17, 15) is 29.3 Å². The number of hydrogen-bond donors (Lipinski definition) is 1. The molecule has 0 unspecified atom stereocenters. The first-order valence-corrected chi connectivity index (χ1v) is 14.3. The summed E-state index contributed by atoms with van der Waals surface area (Å²) in [6.45, 7) is 1.27. The van der Waals surface area contributed by atoms with Gasteiger partial charge in [0.15, 0.2) is 11.6 Å². The quantitative estimate of drug-likeness (QED) is 0.101. The zero-order valence-corrected chi connectivity index (χ0v) is 23.9. The molecule has 0 aromatic heterocycles. The molecular formula is C35H25N3O7. The minimum Gasteiger partial charge on any atom is -0.427 e. The fraction of sp³-hybridized carbons (Fsp3) is 0.143. The molecule has 0 saturated carbocycles. The summed E-state index contributed by atoms with van der Waals surface area (Å²) in [5, 5.41) is 14.7. The Labute approximate surface area is 257 Å². The highest BCUT2D eigenvalue weighted by Gasteiger charge is 2.70. The van der Waals surface area contributed by atoms with Gasteiger partial charge in [0.25, 0.3) is 5.69 Å². The fourth-order valence-corrected chi connectivity index (χ4v) is 7.14. The van der Waals surface area contributed by atoms with Gasteiger partial charge in [-0.25, -0.2) is 0 Å². The van der Waals surface area contributed by atoms with Crippen molar-refractivity contribution in [1.82, 2.24) is 4.90 Å². The number of Topliss-reactive ketones (excluding diaryl/α,β-unsaturated/α-hetero) is 2. The van der Waals surface area contributed by atoms with E-state index in [1.165, 1.54) is 55.5 Å². The van der Waals surface area contributed by atoms with E-state index >= 15 is 0 Å². The van der Waals surface area contributed by atoms with E-state index in [-0.39, 0.29) is 22.6 Å². The summed E-state index contributed by atoms with van der Waals surface area (Å²) in [4.78, 5) is 68.4. The molecule has 3 heterocycles. The second-order valence-electron chi connectivity index (χ2n) is 11.2. The number of amides is 1. The van der Waals surface area contributed by atoms with Gasteiger partial charge in [0.05, 0.1) is 16.9 Å². The molecule has 7 rings (SSSR count). The lowest BCUT2D eigenvalue weighted by Gasteiger charge is -2.38. The Morgan fingerprint density at radius 1 is 0.889 bits per heavy atom. The number of non-ortho nitro benzene ring substituents is 1. The van der Waals surface area contributed by atoms with Crippen LogP contribution in [0.2, 0.25) is 0 Å². The zero-order chi connectivity index (χ0) is 31.5. The summed E-state index contributed by atoms with van der Waals surface area (Å²) in [5.74, 6) is -2.99. The van der Waals surface area contributed by atoms with Crippen LogP contribution >= 0.6 is 0 Å². The van der Waals surface area contributed by atoms with Crippen LogP contribution in [0.1, 0.15) is 50.4 Å². The largest absolute Gasteiger partial charge is 0.427 e. The van der Waals surface area contributed by atoms with Gasteiger partial charge in [0.2, 0.25) is 5.91 Å². The van der Waals surface area contributed by atoms with Gasteiger partial charge in [-0.3, -0.25) is 29.3 Å². The van der Waals surface area contributed by atoms with E-state index in [1.807, 2.05) is 30.3 Å². The molecule has 4 atom stereocenters. The third-order valence-corrected chi connectivity index (χ3v) is 8.86. The molecule has 1 spiro atoms. The first-order chi connectivity index (χ1) is 21.7. The van der Waals surface area contributed by atoms with Gasteiger partial charge in [-0.05, 0) is 53.1 Å². The number of esters is 1. The molecule has 1 fully saturated rings. The van der Waals surface area contributed by atoms with Crippen LogP contribution in [-0.4, -0.2) is 39.3 Å². The Kier molecular flexibility index (Phi) is 6.43. The molecule has 3 aliphatic heterocycles. The van der Waals surface area contributed by atoms with Crippen LogP contribution < -0.4 is 10.1 Å². The lowest BCUT2D eigenvalue weighted by Crippen LogP contribution is -2.49. The third kappa shape index (κ3) is 4.17. The molecule has 1 saturated heterocycles. The molecule has 4 aromatic rings. The molecule has 1 amide bonds. The van der Waals surface area contributed by atoms with Gasteiger partial charge in [-0.1, -0.05) is 54.6 Å². The van der Waals surface area contributed by atoms with Crippen LogP contribution in [0.25, 0.3) is 6.08 Å². The van der Waals surface area contributed by atoms with Crippen molar-refractivity contribution in [3.05, 3.63) is 141 Å². The molecular weight excluding hydrogens is 574 g/mol. The Hall–Kier alpha value is -5.90. The van der Waals surface area contributed by atoms with Crippen LogP contribution in [0.4, 0.5) is 11.4 Å². The molecule has 3 aliphatic rings. The summed E-state index contributed by atoms with van der Waals surface area (Å²) in [6, 6.07) is 24.1. The second-order valence-corrected chi connectivity index (χ2v) is 11.2. The number of ether oxygens (including phenoxy) is 1. The maximum atomic E-state index is 14.9. The van der Waals surface area contributed by atoms with Crippen molar-refractivity contribution in [2.75, 3.05) is 5.32 Å². The van der Waals surface area contributed by atoms with E-state index in [1.54, 1.807) is 35.4 Å². The monoisotopic (exact) mass is 599 g/mol. The van der Waals surface area contributed by atoms with Gasteiger partial charge >= 0.3 is 5.97 Å². The number of nitro groups is 1. The zero-order valence-electron chi connectivity index (χ0n) is 23.9. The summed E-state index contributed by atoms with van der Waals surface area (Å²) in [6.07, 6.45) is 3.60. The average molecular weight is 600 g/mol. The van der Waals surface area contributed by atoms with Crippen LogP contribution in [-0.2, 0) is 15.0 Å². The molecule has 1 N–H and O–H groups in total. The van der Waals surface area contributed by atoms with Crippen molar-refractivity contribution >= 4 is 40.9 Å². The van der Waals surface area contributed by atoms with E-state index in [0.29, 0.717) is 11.3 Å². The number of ketones is 2. The predicted octanol–water partition coefficient (Wildman–Crippen LogP) is 5.50. The second kappa shape index (κ2) is 10.4. The van der Waals surface area contributed by atoms with E-state index < -0.39 is 51.8 Å².